The molecule has 1 fully saturated rings. The lowest BCUT2D eigenvalue weighted by Gasteiger charge is -2.29. The van der Waals surface area contributed by atoms with E-state index in [4.69, 9.17) is 0 Å². The lowest BCUT2D eigenvalue weighted by Crippen LogP contribution is -2.43. The third-order valence-corrected chi connectivity index (χ3v) is 3.99. The van der Waals surface area contributed by atoms with E-state index in [1.165, 1.54) is 0 Å². The van der Waals surface area contributed by atoms with Gasteiger partial charge >= 0.3 is 0 Å². The van der Waals surface area contributed by atoms with Gasteiger partial charge in [-0.2, -0.15) is 0 Å². The molecule has 0 saturated carbocycles. The summed E-state index contributed by atoms with van der Waals surface area (Å²) in [4.78, 5) is 6.83. The van der Waals surface area contributed by atoms with Crippen LogP contribution in [0.25, 0.3) is 0 Å². The van der Waals surface area contributed by atoms with Crippen LogP contribution >= 0.6 is 0 Å². The maximum atomic E-state index is 10.5. The summed E-state index contributed by atoms with van der Waals surface area (Å²) < 4.78 is 0. The highest BCUT2D eigenvalue weighted by Crippen LogP contribution is 2.26. The van der Waals surface area contributed by atoms with Gasteiger partial charge in [-0.05, 0) is 24.1 Å². The fraction of sp³-hybridized carbons (Fsp3) is 0.353. The predicted octanol–water partition coefficient (Wildman–Crippen LogP) is 1.88. The van der Waals surface area contributed by atoms with E-state index in [0.29, 0.717) is 0 Å². The molecular weight excluding hydrogens is 262 g/mol. The van der Waals surface area contributed by atoms with E-state index in [1.54, 1.807) is 0 Å². The third-order valence-electron chi connectivity index (χ3n) is 3.99. The van der Waals surface area contributed by atoms with Crippen LogP contribution in [-0.2, 0) is 0 Å². The second-order valence-electron chi connectivity index (χ2n) is 5.45. The monoisotopic (exact) mass is 283 g/mol. The minimum absolute atomic E-state index is 0.615. The molecule has 1 aliphatic heterocycles. The van der Waals surface area contributed by atoms with Gasteiger partial charge in [0.25, 0.3) is 0 Å². The molecule has 1 aromatic heterocycles. The third kappa shape index (κ3) is 3.06. The standard InChI is InChI=1S/C17H21N3O/c1-13-11-16(20-9-7-18-8-10-20)19-12-15(13)17(21)14-5-3-2-4-6-14/h2-6,11-12,17-18,21H,7-10H2,1H3. The van der Waals surface area contributed by atoms with Crippen LogP contribution in [0.3, 0.4) is 0 Å². The summed E-state index contributed by atoms with van der Waals surface area (Å²) >= 11 is 0. The van der Waals surface area contributed by atoms with Crippen molar-refractivity contribution in [1.82, 2.24) is 10.3 Å². The van der Waals surface area contributed by atoms with Crippen LogP contribution in [-0.4, -0.2) is 36.3 Å². The SMILES string of the molecule is Cc1cc(N2CCNCC2)ncc1C(O)c1ccccc1. The van der Waals surface area contributed by atoms with Crippen molar-refractivity contribution in [3.8, 4) is 0 Å². The van der Waals surface area contributed by atoms with Crippen molar-refractivity contribution in [3.63, 3.8) is 0 Å². The number of aromatic nitrogens is 1. The fourth-order valence-electron chi connectivity index (χ4n) is 2.72. The number of anilines is 1. The molecule has 0 aliphatic carbocycles. The fourth-order valence-corrected chi connectivity index (χ4v) is 2.72. The molecule has 0 spiro atoms. The summed E-state index contributed by atoms with van der Waals surface area (Å²) in [6, 6.07) is 11.8. The van der Waals surface area contributed by atoms with Gasteiger partial charge in [0.2, 0.25) is 0 Å². The highest BCUT2D eigenvalue weighted by molar-refractivity contribution is 5.45. The van der Waals surface area contributed by atoms with Gasteiger partial charge in [0.15, 0.2) is 0 Å². The molecule has 1 aliphatic rings. The van der Waals surface area contributed by atoms with Crippen molar-refractivity contribution in [2.24, 2.45) is 0 Å². The topological polar surface area (TPSA) is 48.4 Å². The van der Waals surface area contributed by atoms with Gasteiger partial charge in [-0.15, -0.1) is 0 Å². The number of aliphatic hydroxyl groups excluding tert-OH is 1. The van der Waals surface area contributed by atoms with Crippen molar-refractivity contribution in [3.05, 3.63) is 59.3 Å². The number of benzene rings is 1. The molecule has 0 bridgehead atoms. The number of pyridine rings is 1. The Bertz CT molecular complexity index is 594. The van der Waals surface area contributed by atoms with E-state index < -0.39 is 6.10 Å². The van der Waals surface area contributed by atoms with Gasteiger partial charge in [-0.1, -0.05) is 30.3 Å². The Morgan fingerprint density at radius 3 is 2.57 bits per heavy atom. The van der Waals surface area contributed by atoms with Gasteiger partial charge in [0.1, 0.15) is 11.9 Å². The average Bonchev–Trinajstić information content (AvgIpc) is 2.56. The lowest BCUT2D eigenvalue weighted by atomic mass is 9.99. The molecule has 21 heavy (non-hydrogen) atoms. The van der Waals surface area contributed by atoms with Gasteiger partial charge in [0.05, 0.1) is 0 Å². The maximum Gasteiger partial charge on any atom is 0.128 e. The number of piperazine rings is 1. The largest absolute Gasteiger partial charge is 0.384 e. The summed E-state index contributed by atoms with van der Waals surface area (Å²) in [5, 5.41) is 13.9. The molecule has 1 aromatic carbocycles. The molecule has 3 rings (SSSR count). The van der Waals surface area contributed by atoms with E-state index in [9.17, 15) is 5.11 Å². The summed E-state index contributed by atoms with van der Waals surface area (Å²) in [5.74, 6) is 0.998. The average molecular weight is 283 g/mol. The van der Waals surface area contributed by atoms with Crippen LogP contribution in [0, 0.1) is 6.92 Å². The van der Waals surface area contributed by atoms with Crippen LogP contribution in [0.5, 0.6) is 0 Å². The first-order chi connectivity index (χ1) is 10.3. The van der Waals surface area contributed by atoms with E-state index in [0.717, 1.165) is 48.7 Å². The van der Waals surface area contributed by atoms with Gasteiger partial charge < -0.3 is 15.3 Å². The molecule has 0 radical (unpaired) electrons. The molecule has 1 atom stereocenters. The molecule has 0 amide bonds. The zero-order chi connectivity index (χ0) is 14.7. The molecule has 2 heterocycles. The molecule has 4 heteroatoms. The second kappa shape index (κ2) is 6.24. The molecule has 2 aromatic rings. The molecule has 1 unspecified atom stereocenters. The van der Waals surface area contributed by atoms with Gasteiger partial charge in [0, 0.05) is 37.9 Å². The maximum absolute atomic E-state index is 10.5. The molecular formula is C17H21N3O. The highest BCUT2D eigenvalue weighted by Gasteiger charge is 2.16. The Morgan fingerprint density at radius 2 is 1.90 bits per heavy atom. The minimum Gasteiger partial charge on any atom is -0.384 e. The second-order valence-corrected chi connectivity index (χ2v) is 5.45. The molecule has 1 saturated heterocycles. The zero-order valence-corrected chi connectivity index (χ0v) is 12.3. The summed E-state index contributed by atoms with van der Waals surface area (Å²) in [6.07, 6.45) is 1.19. The van der Waals surface area contributed by atoms with Crippen molar-refractivity contribution >= 4 is 5.82 Å². The van der Waals surface area contributed by atoms with E-state index in [2.05, 4.69) is 21.3 Å². The van der Waals surface area contributed by atoms with E-state index in [-0.39, 0.29) is 0 Å². The number of hydrogen-bond acceptors (Lipinski definition) is 4. The van der Waals surface area contributed by atoms with Crippen LogP contribution in [0.1, 0.15) is 22.8 Å². The normalized spacial score (nSPS) is 16.8. The first-order valence-electron chi connectivity index (χ1n) is 7.41. The number of rotatable bonds is 3. The van der Waals surface area contributed by atoms with Crippen LogP contribution in [0.15, 0.2) is 42.6 Å². The number of aryl methyl sites for hydroxylation is 1. The summed E-state index contributed by atoms with van der Waals surface area (Å²) in [7, 11) is 0. The Kier molecular flexibility index (Phi) is 4.18. The van der Waals surface area contributed by atoms with Crippen LogP contribution in [0.2, 0.25) is 0 Å². The highest BCUT2D eigenvalue weighted by atomic mass is 16.3. The Labute approximate surface area is 125 Å². The van der Waals surface area contributed by atoms with E-state index >= 15 is 0 Å². The summed E-state index contributed by atoms with van der Waals surface area (Å²) in [6.45, 7) is 5.99. The zero-order valence-electron chi connectivity index (χ0n) is 12.3. The molecule has 2 N–H and O–H groups in total. The van der Waals surface area contributed by atoms with Crippen LogP contribution in [0.4, 0.5) is 5.82 Å². The minimum atomic E-state index is -0.615. The van der Waals surface area contributed by atoms with Gasteiger partial charge in [-0.3, -0.25) is 0 Å². The van der Waals surface area contributed by atoms with E-state index in [1.807, 2.05) is 43.5 Å². The Balaban J connectivity index is 1.84. The van der Waals surface area contributed by atoms with Crippen molar-refractivity contribution < 1.29 is 5.11 Å². The first-order valence-corrected chi connectivity index (χ1v) is 7.41. The van der Waals surface area contributed by atoms with Crippen molar-refractivity contribution in [1.29, 1.82) is 0 Å². The molecule has 4 nitrogen and oxygen atoms in total. The number of hydrogen-bond donors (Lipinski definition) is 2. The smallest absolute Gasteiger partial charge is 0.128 e. The Hall–Kier alpha value is -1.91. The Morgan fingerprint density at radius 1 is 1.19 bits per heavy atom. The molecule has 110 valence electrons. The van der Waals surface area contributed by atoms with Crippen LogP contribution < -0.4 is 10.2 Å². The van der Waals surface area contributed by atoms with Crippen molar-refractivity contribution in [2.45, 2.75) is 13.0 Å². The summed E-state index contributed by atoms with van der Waals surface area (Å²) in [5.41, 5.74) is 2.85. The van der Waals surface area contributed by atoms with Crippen molar-refractivity contribution in [2.75, 3.05) is 31.1 Å². The lowest BCUT2D eigenvalue weighted by molar-refractivity contribution is 0.219. The predicted molar refractivity (Wildman–Crippen MR) is 84.6 cm³/mol. The number of aliphatic hydroxyl groups is 1. The first kappa shape index (κ1) is 14.0. The number of nitrogens with zero attached hydrogens (tertiary/aromatic N) is 2. The van der Waals surface area contributed by atoms with Gasteiger partial charge in [-0.25, -0.2) is 4.98 Å². The quantitative estimate of drug-likeness (QED) is 0.903. The number of nitrogens with one attached hydrogen (secondary N) is 1.